The molecule has 3 amide bonds. The van der Waals surface area contributed by atoms with Crippen molar-refractivity contribution < 1.29 is 23.9 Å². The van der Waals surface area contributed by atoms with Crippen molar-refractivity contribution in [2.45, 2.75) is 71.1 Å². The van der Waals surface area contributed by atoms with E-state index in [-0.39, 0.29) is 31.2 Å². The lowest BCUT2D eigenvalue weighted by molar-refractivity contribution is -0.153. The molecule has 0 spiro atoms. The largest absolute Gasteiger partial charge is 0.460 e. The van der Waals surface area contributed by atoms with Crippen molar-refractivity contribution in [3.63, 3.8) is 0 Å². The summed E-state index contributed by atoms with van der Waals surface area (Å²) < 4.78 is 5.54. The molecule has 4 atom stereocenters. The molecule has 1 aliphatic heterocycles. The maximum atomic E-state index is 12.8. The monoisotopic (exact) mass is 431 g/mol. The van der Waals surface area contributed by atoms with E-state index in [1.54, 1.807) is 0 Å². The summed E-state index contributed by atoms with van der Waals surface area (Å²) in [6, 6.07) is 7.60. The fourth-order valence-electron chi connectivity index (χ4n) is 3.47. The average Bonchev–Trinajstić information content (AvgIpc) is 2.75. The smallest absolute Gasteiger partial charge is 0.325 e. The summed E-state index contributed by atoms with van der Waals surface area (Å²) in [5.41, 5.74) is 0.878. The lowest BCUT2D eigenvalue weighted by Gasteiger charge is -2.25. The number of esters is 1. The second-order valence-electron chi connectivity index (χ2n) is 8.11. The molecule has 1 aromatic carbocycles. The molecule has 170 valence electrons. The Morgan fingerprint density at radius 3 is 2.45 bits per heavy atom. The van der Waals surface area contributed by atoms with Gasteiger partial charge >= 0.3 is 5.97 Å². The number of unbranched alkanes of at least 4 members (excludes halogenated alkanes) is 1. The van der Waals surface area contributed by atoms with Crippen molar-refractivity contribution >= 4 is 23.7 Å². The van der Waals surface area contributed by atoms with E-state index in [4.69, 9.17) is 4.74 Å². The minimum absolute atomic E-state index is 0.0317. The topological polar surface area (TPSA) is 114 Å². The van der Waals surface area contributed by atoms with Crippen LogP contribution in [0.3, 0.4) is 0 Å². The number of ether oxygens (including phenoxy) is 1. The lowest BCUT2D eigenvalue weighted by Crippen LogP contribution is -2.53. The van der Waals surface area contributed by atoms with Gasteiger partial charge in [-0.25, -0.2) is 0 Å². The van der Waals surface area contributed by atoms with Crippen LogP contribution in [0.2, 0.25) is 0 Å². The molecule has 0 saturated carbocycles. The number of carbonyl (C=O) groups excluding carboxylic acids is 4. The van der Waals surface area contributed by atoms with Gasteiger partial charge in [0.25, 0.3) is 0 Å². The van der Waals surface area contributed by atoms with E-state index in [1.807, 2.05) is 37.3 Å². The van der Waals surface area contributed by atoms with Gasteiger partial charge in [0, 0.05) is 6.42 Å². The number of rotatable bonds is 6. The molecule has 8 nitrogen and oxygen atoms in total. The van der Waals surface area contributed by atoms with Gasteiger partial charge in [0.05, 0.1) is 6.42 Å². The van der Waals surface area contributed by atoms with E-state index in [9.17, 15) is 19.2 Å². The lowest BCUT2D eigenvalue weighted by atomic mass is 9.95. The highest BCUT2D eigenvalue weighted by molar-refractivity contribution is 5.93. The summed E-state index contributed by atoms with van der Waals surface area (Å²) in [5, 5.41) is 7.87. The number of carbonyl (C=O) groups is 4. The van der Waals surface area contributed by atoms with Gasteiger partial charge in [0.15, 0.2) is 0 Å². The van der Waals surface area contributed by atoms with Crippen LogP contribution in [0.15, 0.2) is 30.3 Å². The Kier molecular flexibility index (Phi) is 9.49. The summed E-state index contributed by atoms with van der Waals surface area (Å²) >= 11 is 0. The van der Waals surface area contributed by atoms with Gasteiger partial charge < -0.3 is 20.7 Å². The van der Waals surface area contributed by atoms with Crippen LogP contribution in [-0.2, 0) is 30.3 Å². The van der Waals surface area contributed by atoms with E-state index in [1.165, 1.54) is 6.92 Å². The maximum absolute atomic E-state index is 12.8. The Morgan fingerprint density at radius 1 is 1.06 bits per heavy atom. The molecule has 0 aliphatic carbocycles. The quantitative estimate of drug-likeness (QED) is 0.591. The van der Waals surface area contributed by atoms with Gasteiger partial charge in [-0.1, -0.05) is 57.0 Å². The highest BCUT2D eigenvalue weighted by Crippen LogP contribution is 2.19. The number of benzene rings is 1. The molecule has 0 radical (unpaired) electrons. The van der Waals surface area contributed by atoms with Crippen LogP contribution in [-0.4, -0.2) is 48.4 Å². The van der Waals surface area contributed by atoms with E-state index in [0.29, 0.717) is 0 Å². The molecule has 2 rings (SSSR count). The van der Waals surface area contributed by atoms with Gasteiger partial charge in [-0.05, 0) is 24.8 Å². The summed E-state index contributed by atoms with van der Waals surface area (Å²) in [6.45, 7) is 5.22. The second kappa shape index (κ2) is 12.1. The minimum Gasteiger partial charge on any atom is -0.460 e. The van der Waals surface area contributed by atoms with Gasteiger partial charge in [0.2, 0.25) is 17.7 Å². The normalized spacial score (nSPS) is 24.4. The molecule has 8 heteroatoms. The van der Waals surface area contributed by atoms with Crippen LogP contribution in [0, 0.1) is 5.92 Å². The number of amides is 3. The van der Waals surface area contributed by atoms with E-state index < -0.39 is 36.0 Å². The molecule has 31 heavy (non-hydrogen) atoms. The molecule has 0 bridgehead atoms. The predicted molar refractivity (Wildman–Crippen MR) is 116 cm³/mol. The first kappa shape index (κ1) is 24.4. The molecular weight excluding hydrogens is 398 g/mol. The van der Waals surface area contributed by atoms with Crippen LogP contribution < -0.4 is 16.0 Å². The predicted octanol–water partition coefficient (Wildman–Crippen LogP) is 1.48. The van der Waals surface area contributed by atoms with Crippen molar-refractivity contribution in [1.82, 2.24) is 16.0 Å². The molecule has 0 unspecified atom stereocenters. The zero-order chi connectivity index (χ0) is 22.8. The highest BCUT2D eigenvalue weighted by Gasteiger charge is 2.30. The van der Waals surface area contributed by atoms with Crippen LogP contribution in [0.1, 0.15) is 52.0 Å². The SMILES string of the molecule is CCCC[C@H](C)[C@H]1CC(=O)N[C@@H](Cc2ccccc2)C(=O)N[C@@H](C)C(=O)NCC(=O)O1. The second-order valence-corrected chi connectivity index (χ2v) is 8.11. The van der Waals surface area contributed by atoms with Crippen molar-refractivity contribution in [3.05, 3.63) is 35.9 Å². The Hall–Kier alpha value is -2.90. The molecule has 1 saturated heterocycles. The first-order valence-electron chi connectivity index (χ1n) is 10.9. The number of nitrogens with one attached hydrogen (secondary N) is 3. The fraction of sp³-hybridized carbons (Fsp3) is 0.565. The Morgan fingerprint density at radius 2 is 1.77 bits per heavy atom. The summed E-state index contributed by atoms with van der Waals surface area (Å²) in [6.07, 6.45) is 2.35. The number of hydrogen-bond acceptors (Lipinski definition) is 5. The van der Waals surface area contributed by atoms with Crippen LogP contribution >= 0.6 is 0 Å². The Balaban J connectivity index is 2.23. The fourth-order valence-corrected chi connectivity index (χ4v) is 3.47. The highest BCUT2D eigenvalue weighted by atomic mass is 16.5. The first-order valence-corrected chi connectivity index (χ1v) is 10.9. The zero-order valence-corrected chi connectivity index (χ0v) is 18.5. The first-order chi connectivity index (χ1) is 14.8. The Labute approximate surface area is 183 Å². The third kappa shape index (κ3) is 8.03. The molecule has 1 aromatic rings. The summed E-state index contributed by atoms with van der Waals surface area (Å²) in [7, 11) is 0. The third-order valence-electron chi connectivity index (χ3n) is 5.41. The van der Waals surface area contributed by atoms with E-state index in [2.05, 4.69) is 22.9 Å². The van der Waals surface area contributed by atoms with E-state index >= 15 is 0 Å². The molecule has 3 N–H and O–H groups in total. The molecule has 1 aliphatic rings. The van der Waals surface area contributed by atoms with E-state index in [0.717, 1.165) is 24.8 Å². The number of cyclic esters (lactones) is 1. The van der Waals surface area contributed by atoms with Gasteiger partial charge in [-0.3, -0.25) is 19.2 Å². The number of hydrogen-bond donors (Lipinski definition) is 3. The van der Waals surface area contributed by atoms with Gasteiger partial charge in [-0.15, -0.1) is 0 Å². The van der Waals surface area contributed by atoms with Crippen LogP contribution in [0.5, 0.6) is 0 Å². The summed E-state index contributed by atoms with van der Waals surface area (Å²) in [5.74, 6) is -1.96. The summed E-state index contributed by atoms with van der Waals surface area (Å²) in [4.78, 5) is 50.2. The van der Waals surface area contributed by atoms with Gasteiger partial charge in [-0.2, -0.15) is 0 Å². The Bertz CT molecular complexity index is 768. The standard InChI is InChI=1S/C23H33N3O5/c1-4-5-9-15(2)19-13-20(27)26-18(12-17-10-7-6-8-11-17)23(30)25-16(3)22(29)24-14-21(28)31-19/h6-8,10-11,15-16,18-19H,4-5,9,12-14H2,1-3H3,(H,24,29)(H,25,30)(H,26,27)/t15-,16-,18-,19+/m0/s1. The third-order valence-corrected chi connectivity index (χ3v) is 5.41. The molecule has 0 aromatic heterocycles. The van der Waals surface area contributed by atoms with Crippen molar-refractivity contribution in [2.75, 3.05) is 6.54 Å². The van der Waals surface area contributed by atoms with Crippen molar-refractivity contribution in [1.29, 1.82) is 0 Å². The zero-order valence-electron chi connectivity index (χ0n) is 18.5. The van der Waals surface area contributed by atoms with Gasteiger partial charge in [0.1, 0.15) is 24.7 Å². The maximum Gasteiger partial charge on any atom is 0.325 e. The minimum atomic E-state index is -0.865. The molecular formula is C23H33N3O5. The molecule has 1 heterocycles. The van der Waals surface area contributed by atoms with Crippen molar-refractivity contribution in [2.24, 2.45) is 5.92 Å². The van der Waals surface area contributed by atoms with Crippen molar-refractivity contribution in [3.8, 4) is 0 Å². The molecule has 1 fully saturated rings. The van der Waals surface area contributed by atoms with Crippen LogP contribution in [0.4, 0.5) is 0 Å². The van der Waals surface area contributed by atoms with Crippen LogP contribution in [0.25, 0.3) is 0 Å². The average molecular weight is 432 g/mol.